The highest BCUT2D eigenvalue weighted by Crippen LogP contribution is 2.25. The van der Waals surface area contributed by atoms with Crippen molar-refractivity contribution in [3.63, 3.8) is 0 Å². The van der Waals surface area contributed by atoms with Crippen LogP contribution in [0, 0.1) is 0 Å². The first kappa shape index (κ1) is 19.4. The lowest BCUT2D eigenvalue weighted by Crippen LogP contribution is -2.58. The number of aliphatic hydroxyl groups is 1. The maximum Gasteiger partial charge on any atom is 0.255 e. The standard InChI is InChI=1S/C22H28N2O3/c1-23(16-19-9-5-10-20(25)15-19)17-22(27)12-6-13-24(21(22)26)14-11-18-7-3-2-4-8-18/h2-5,7-10,15,25,27H,6,11-14,16-17H2,1H3. The average Bonchev–Trinajstić information content (AvgIpc) is 2.64. The number of piperidine rings is 1. The van der Waals surface area contributed by atoms with E-state index in [1.54, 1.807) is 23.1 Å². The van der Waals surface area contributed by atoms with E-state index in [1.807, 2.05) is 36.2 Å². The number of phenolic OH excluding ortho intramolecular Hbond substituents is 1. The van der Waals surface area contributed by atoms with Crippen molar-refractivity contribution >= 4 is 5.91 Å². The Morgan fingerprint density at radius 2 is 1.85 bits per heavy atom. The molecule has 1 heterocycles. The quantitative estimate of drug-likeness (QED) is 0.788. The second kappa shape index (κ2) is 8.55. The summed E-state index contributed by atoms with van der Waals surface area (Å²) in [5.74, 6) is 0.0490. The Morgan fingerprint density at radius 3 is 2.59 bits per heavy atom. The van der Waals surface area contributed by atoms with Gasteiger partial charge in [0, 0.05) is 26.2 Å². The van der Waals surface area contributed by atoms with E-state index in [4.69, 9.17) is 0 Å². The predicted molar refractivity (Wildman–Crippen MR) is 105 cm³/mol. The minimum absolute atomic E-state index is 0.174. The average molecular weight is 368 g/mol. The molecule has 1 aliphatic heterocycles. The van der Waals surface area contributed by atoms with Crippen molar-refractivity contribution in [2.24, 2.45) is 0 Å². The van der Waals surface area contributed by atoms with Crippen LogP contribution in [0.4, 0.5) is 0 Å². The Labute approximate surface area is 160 Å². The van der Waals surface area contributed by atoms with Gasteiger partial charge in [0.15, 0.2) is 5.60 Å². The largest absolute Gasteiger partial charge is 0.508 e. The third kappa shape index (κ3) is 5.08. The summed E-state index contributed by atoms with van der Waals surface area (Å²) < 4.78 is 0. The third-order valence-corrected chi connectivity index (χ3v) is 5.11. The second-order valence-corrected chi connectivity index (χ2v) is 7.51. The Balaban J connectivity index is 1.59. The molecular weight excluding hydrogens is 340 g/mol. The summed E-state index contributed by atoms with van der Waals surface area (Å²) in [6, 6.07) is 17.2. The fourth-order valence-corrected chi connectivity index (χ4v) is 3.80. The van der Waals surface area contributed by atoms with Gasteiger partial charge in [-0.1, -0.05) is 42.5 Å². The minimum Gasteiger partial charge on any atom is -0.508 e. The molecule has 1 fully saturated rings. The van der Waals surface area contributed by atoms with Gasteiger partial charge >= 0.3 is 0 Å². The Hall–Kier alpha value is -2.37. The Morgan fingerprint density at radius 1 is 1.11 bits per heavy atom. The van der Waals surface area contributed by atoms with E-state index < -0.39 is 5.60 Å². The van der Waals surface area contributed by atoms with Gasteiger partial charge in [-0.3, -0.25) is 9.69 Å². The van der Waals surface area contributed by atoms with E-state index in [9.17, 15) is 15.0 Å². The molecule has 0 aromatic heterocycles. The van der Waals surface area contributed by atoms with Gasteiger partial charge in [0.1, 0.15) is 5.75 Å². The highest BCUT2D eigenvalue weighted by atomic mass is 16.3. The highest BCUT2D eigenvalue weighted by molar-refractivity contribution is 5.86. The summed E-state index contributed by atoms with van der Waals surface area (Å²) in [7, 11) is 1.89. The Kier molecular flexibility index (Phi) is 6.14. The number of aromatic hydroxyl groups is 1. The van der Waals surface area contributed by atoms with Crippen molar-refractivity contribution in [2.45, 2.75) is 31.4 Å². The van der Waals surface area contributed by atoms with Crippen LogP contribution in [-0.2, 0) is 17.8 Å². The first-order valence-corrected chi connectivity index (χ1v) is 9.48. The zero-order chi connectivity index (χ0) is 19.3. The summed E-state index contributed by atoms with van der Waals surface area (Å²) in [5, 5.41) is 20.6. The van der Waals surface area contributed by atoms with Crippen LogP contribution >= 0.6 is 0 Å². The maximum atomic E-state index is 12.9. The molecule has 1 atom stereocenters. The lowest BCUT2D eigenvalue weighted by atomic mass is 9.90. The smallest absolute Gasteiger partial charge is 0.255 e. The number of carbonyl (C=O) groups is 1. The van der Waals surface area contributed by atoms with Crippen molar-refractivity contribution in [1.82, 2.24) is 9.80 Å². The van der Waals surface area contributed by atoms with E-state index in [-0.39, 0.29) is 18.2 Å². The van der Waals surface area contributed by atoms with E-state index in [0.717, 1.165) is 18.4 Å². The summed E-state index contributed by atoms with van der Waals surface area (Å²) in [4.78, 5) is 16.6. The third-order valence-electron chi connectivity index (χ3n) is 5.11. The lowest BCUT2D eigenvalue weighted by molar-refractivity contribution is -0.159. The molecule has 27 heavy (non-hydrogen) atoms. The summed E-state index contributed by atoms with van der Waals surface area (Å²) in [5.41, 5.74) is 0.797. The molecule has 2 aromatic carbocycles. The molecule has 1 unspecified atom stereocenters. The molecule has 5 nitrogen and oxygen atoms in total. The van der Waals surface area contributed by atoms with Gasteiger partial charge in [0.05, 0.1) is 0 Å². The number of amides is 1. The van der Waals surface area contributed by atoms with Crippen molar-refractivity contribution in [1.29, 1.82) is 0 Å². The molecule has 1 saturated heterocycles. The normalized spacial score (nSPS) is 20.3. The van der Waals surface area contributed by atoms with E-state index in [0.29, 0.717) is 26.1 Å². The summed E-state index contributed by atoms with van der Waals surface area (Å²) in [6.45, 7) is 2.17. The molecule has 1 amide bonds. The lowest BCUT2D eigenvalue weighted by Gasteiger charge is -2.40. The fraction of sp³-hybridized carbons (Fsp3) is 0.409. The molecule has 2 N–H and O–H groups in total. The molecular formula is C22H28N2O3. The summed E-state index contributed by atoms with van der Waals surface area (Å²) >= 11 is 0. The first-order valence-electron chi connectivity index (χ1n) is 9.48. The molecule has 144 valence electrons. The van der Waals surface area contributed by atoms with Gasteiger partial charge in [0.25, 0.3) is 5.91 Å². The zero-order valence-corrected chi connectivity index (χ0v) is 15.8. The fourth-order valence-electron chi connectivity index (χ4n) is 3.80. The van der Waals surface area contributed by atoms with Gasteiger partial charge in [-0.15, -0.1) is 0 Å². The monoisotopic (exact) mass is 368 g/mol. The van der Waals surface area contributed by atoms with E-state index in [1.165, 1.54) is 5.56 Å². The molecule has 0 spiro atoms. The van der Waals surface area contributed by atoms with Crippen LogP contribution in [0.2, 0.25) is 0 Å². The summed E-state index contributed by atoms with van der Waals surface area (Å²) in [6.07, 6.45) is 2.08. The number of hydrogen-bond donors (Lipinski definition) is 2. The number of carbonyl (C=O) groups excluding carboxylic acids is 1. The van der Waals surface area contributed by atoms with Crippen LogP contribution in [0.15, 0.2) is 54.6 Å². The van der Waals surface area contributed by atoms with E-state index in [2.05, 4.69) is 12.1 Å². The molecule has 3 rings (SSSR count). The van der Waals surface area contributed by atoms with Crippen molar-refractivity contribution in [3.8, 4) is 5.75 Å². The first-order chi connectivity index (χ1) is 13.0. The molecule has 0 saturated carbocycles. The van der Waals surface area contributed by atoms with Gasteiger partial charge in [0.2, 0.25) is 0 Å². The van der Waals surface area contributed by atoms with Crippen LogP contribution in [0.3, 0.4) is 0 Å². The van der Waals surface area contributed by atoms with Gasteiger partial charge in [-0.25, -0.2) is 0 Å². The van der Waals surface area contributed by atoms with Crippen molar-refractivity contribution in [2.75, 3.05) is 26.7 Å². The van der Waals surface area contributed by atoms with Crippen LogP contribution in [0.25, 0.3) is 0 Å². The molecule has 2 aromatic rings. The molecule has 0 aliphatic carbocycles. The molecule has 0 radical (unpaired) electrons. The maximum absolute atomic E-state index is 12.9. The van der Waals surface area contributed by atoms with Crippen molar-refractivity contribution in [3.05, 3.63) is 65.7 Å². The van der Waals surface area contributed by atoms with Gasteiger partial charge in [-0.2, -0.15) is 0 Å². The van der Waals surface area contributed by atoms with E-state index >= 15 is 0 Å². The Bertz CT molecular complexity index is 765. The minimum atomic E-state index is -1.35. The topological polar surface area (TPSA) is 64.0 Å². The van der Waals surface area contributed by atoms with Crippen molar-refractivity contribution < 1.29 is 15.0 Å². The number of nitrogens with zero attached hydrogens (tertiary/aromatic N) is 2. The van der Waals surface area contributed by atoms with Crippen LogP contribution in [0.1, 0.15) is 24.0 Å². The van der Waals surface area contributed by atoms with Gasteiger partial charge < -0.3 is 15.1 Å². The number of likely N-dealkylation sites (N-methyl/N-ethyl adjacent to an activating group) is 1. The highest BCUT2D eigenvalue weighted by Gasteiger charge is 2.42. The van der Waals surface area contributed by atoms with Crippen LogP contribution in [0.5, 0.6) is 5.75 Å². The predicted octanol–water partition coefficient (Wildman–Crippen LogP) is 2.42. The van der Waals surface area contributed by atoms with Crippen LogP contribution < -0.4 is 0 Å². The number of phenols is 1. The zero-order valence-electron chi connectivity index (χ0n) is 15.8. The van der Waals surface area contributed by atoms with Gasteiger partial charge in [-0.05, 0) is 49.6 Å². The molecule has 0 bridgehead atoms. The SMILES string of the molecule is CN(Cc1cccc(O)c1)CC1(O)CCCN(CCc2ccccc2)C1=O. The molecule has 1 aliphatic rings. The molecule has 5 heteroatoms. The number of rotatable bonds is 7. The van der Waals surface area contributed by atoms with Crippen LogP contribution in [-0.4, -0.2) is 58.2 Å². The number of hydrogen-bond acceptors (Lipinski definition) is 4. The second-order valence-electron chi connectivity index (χ2n) is 7.51. The number of benzene rings is 2. The number of likely N-dealkylation sites (tertiary alicyclic amines) is 1.